The summed E-state index contributed by atoms with van der Waals surface area (Å²) in [5, 5.41) is 3.10. The number of likely N-dealkylation sites (tertiary alicyclic amines) is 1. The Morgan fingerprint density at radius 1 is 0.931 bits per heavy atom. The average Bonchev–Trinajstić information content (AvgIpc) is 3.02. The predicted molar refractivity (Wildman–Crippen MR) is 119 cm³/mol. The molecule has 6 nitrogen and oxygen atoms in total. The highest BCUT2D eigenvalue weighted by molar-refractivity contribution is 5.92. The van der Waals surface area contributed by atoms with Gasteiger partial charge in [-0.3, -0.25) is 4.90 Å². The van der Waals surface area contributed by atoms with Crippen LogP contribution in [0, 0.1) is 0 Å². The van der Waals surface area contributed by atoms with E-state index in [2.05, 4.69) is 39.5 Å². The number of aliphatic imine (C=N–C) groups is 1. The first-order valence-corrected chi connectivity index (χ1v) is 10.3. The molecule has 1 aliphatic rings. The third-order valence-electron chi connectivity index (χ3n) is 5.22. The van der Waals surface area contributed by atoms with Crippen LogP contribution in [0.2, 0.25) is 0 Å². The highest BCUT2D eigenvalue weighted by atomic mass is 16.5. The normalized spacial score (nSPS) is 15.6. The molecule has 2 aromatic carbocycles. The Balaban J connectivity index is 1.53. The summed E-state index contributed by atoms with van der Waals surface area (Å²) in [6, 6.07) is 14.2. The van der Waals surface area contributed by atoms with Gasteiger partial charge < -0.3 is 20.5 Å². The van der Waals surface area contributed by atoms with E-state index >= 15 is 0 Å². The number of benzene rings is 2. The van der Waals surface area contributed by atoms with Crippen LogP contribution in [0.5, 0.6) is 11.5 Å². The molecule has 6 heteroatoms. The summed E-state index contributed by atoms with van der Waals surface area (Å²) in [4.78, 5) is 7.01. The first kappa shape index (κ1) is 21.0. The molecule has 29 heavy (non-hydrogen) atoms. The van der Waals surface area contributed by atoms with Crippen LogP contribution in [0.25, 0.3) is 0 Å². The fourth-order valence-corrected chi connectivity index (χ4v) is 3.58. The number of methoxy groups -OCH3 is 2. The van der Waals surface area contributed by atoms with Crippen LogP contribution in [0.15, 0.2) is 47.5 Å². The van der Waals surface area contributed by atoms with Crippen molar-refractivity contribution in [2.24, 2.45) is 10.7 Å². The molecule has 0 atom stereocenters. The van der Waals surface area contributed by atoms with Crippen LogP contribution in [-0.2, 0) is 13.1 Å². The summed E-state index contributed by atoms with van der Waals surface area (Å²) in [5.74, 6) is 1.69. The Morgan fingerprint density at radius 3 is 2.24 bits per heavy atom. The molecule has 0 amide bonds. The second kappa shape index (κ2) is 10.7. The van der Waals surface area contributed by atoms with Gasteiger partial charge in [-0.15, -0.1) is 0 Å². The molecule has 3 N–H and O–H groups in total. The minimum Gasteiger partial charge on any atom is -0.493 e. The van der Waals surface area contributed by atoms with E-state index in [4.69, 9.17) is 15.2 Å². The molecule has 0 aliphatic carbocycles. The number of nitrogens with zero attached hydrogens (tertiary/aromatic N) is 2. The van der Waals surface area contributed by atoms with E-state index in [0.29, 0.717) is 24.0 Å². The lowest BCUT2D eigenvalue weighted by Crippen LogP contribution is -2.23. The first-order valence-electron chi connectivity index (χ1n) is 10.3. The minimum atomic E-state index is 0.367. The molecule has 1 saturated heterocycles. The summed E-state index contributed by atoms with van der Waals surface area (Å²) < 4.78 is 10.6. The van der Waals surface area contributed by atoms with E-state index in [9.17, 15) is 0 Å². The molecule has 2 aromatic rings. The SMILES string of the molecule is COc1ccc(NC(N)=NCc2ccc(CN3CCCCCC3)cc2)cc1OC. The number of nitrogens with two attached hydrogens (primary N) is 1. The second-order valence-corrected chi connectivity index (χ2v) is 7.40. The first-order chi connectivity index (χ1) is 14.2. The summed E-state index contributed by atoms with van der Waals surface area (Å²) in [6.45, 7) is 4.00. The molecule has 1 heterocycles. The van der Waals surface area contributed by atoms with Crippen LogP contribution in [-0.4, -0.2) is 38.2 Å². The van der Waals surface area contributed by atoms with E-state index < -0.39 is 0 Å². The van der Waals surface area contributed by atoms with Crippen LogP contribution >= 0.6 is 0 Å². The second-order valence-electron chi connectivity index (χ2n) is 7.40. The molecule has 0 unspecified atom stereocenters. The van der Waals surface area contributed by atoms with E-state index in [1.807, 2.05) is 18.2 Å². The molecule has 156 valence electrons. The van der Waals surface area contributed by atoms with Crippen molar-refractivity contribution in [3.8, 4) is 11.5 Å². The third-order valence-corrected chi connectivity index (χ3v) is 5.22. The van der Waals surface area contributed by atoms with Gasteiger partial charge in [0.1, 0.15) is 0 Å². The van der Waals surface area contributed by atoms with Crippen LogP contribution in [0.4, 0.5) is 5.69 Å². The fraction of sp³-hybridized carbons (Fsp3) is 0.435. The predicted octanol–water partition coefficient (Wildman–Crippen LogP) is 4.01. The molecular formula is C23H32N4O2. The smallest absolute Gasteiger partial charge is 0.193 e. The zero-order chi connectivity index (χ0) is 20.5. The van der Waals surface area contributed by atoms with Crippen molar-refractivity contribution in [1.82, 2.24) is 4.90 Å². The van der Waals surface area contributed by atoms with Crippen molar-refractivity contribution < 1.29 is 9.47 Å². The zero-order valence-electron chi connectivity index (χ0n) is 17.5. The van der Waals surface area contributed by atoms with Gasteiger partial charge in [-0.05, 0) is 49.2 Å². The summed E-state index contributed by atoms with van der Waals surface area (Å²) in [7, 11) is 3.22. The molecule has 0 radical (unpaired) electrons. The lowest BCUT2D eigenvalue weighted by Gasteiger charge is -2.19. The van der Waals surface area contributed by atoms with E-state index in [-0.39, 0.29) is 0 Å². The van der Waals surface area contributed by atoms with Crippen molar-refractivity contribution >= 4 is 11.6 Å². The van der Waals surface area contributed by atoms with E-state index in [1.54, 1.807) is 14.2 Å². The largest absolute Gasteiger partial charge is 0.493 e. The van der Waals surface area contributed by atoms with Crippen molar-refractivity contribution in [2.45, 2.75) is 38.8 Å². The molecule has 0 aromatic heterocycles. The Labute approximate surface area is 173 Å². The molecular weight excluding hydrogens is 364 g/mol. The van der Waals surface area contributed by atoms with E-state index in [0.717, 1.165) is 17.8 Å². The zero-order valence-corrected chi connectivity index (χ0v) is 17.5. The highest BCUT2D eigenvalue weighted by Gasteiger charge is 2.09. The van der Waals surface area contributed by atoms with Crippen molar-refractivity contribution in [3.63, 3.8) is 0 Å². The topological polar surface area (TPSA) is 72.1 Å². The number of guanidine groups is 1. The lowest BCUT2D eigenvalue weighted by atomic mass is 10.1. The minimum absolute atomic E-state index is 0.367. The number of hydrogen-bond acceptors (Lipinski definition) is 4. The van der Waals surface area contributed by atoms with Gasteiger partial charge in [0, 0.05) is 18.3 Å². The van der Waals surface area contributed by atoms with Crippen molar-refractivity contribution in [2.75, 3.05) is 32.6 Å². The standard InChI is InChI=1S/C23H32N4O2/c1-28-21-12-11-20(15-22(21)29-2)26-23(24)25-16-18-7-9-19(10-8-18)17-27-13-5-3-4-6-14-27/h7-12,15H,3-6,13-14,16-17H2,1-2H3,(H3,24,25,26). The van der Waals surface area contributed by atoms with Gasteiger partial charge in [0.05, 0.1) is 20.8 Å². The Bertz CT molecular complexity index is 797. The van der Waals surface area contributed by atoms with Crippen molar-refractivity contribution in [1.29, 1.82) is 0 Å². The molecule has 0 saturated carbocycles. The fourth-order valence-electron chi connectivity index (χ4n) is 3.58. The summed E-state index contributed by atoms with van der Waals surface area (Å²) >= 11 is 0. The lowest BCUT2D eigenvalue weighted by molar-refractivity contribution is 0.277. The van der Waals surface area contributed by atoms with Crippen LogP contribution in [0.1, 0.15) is 36.8 Å². The molecule has 1 fully saturated rings. The Morgan fingerprint density at radius 2 is 1.59 bits per heavy atom. The van der Waals surface area contributed by atoms with Crippen molar-refractivity contribution in [3.05, 3.63) is 53.6 Å². The Kier molecular flexibility index (Phi) is 7.76. The number of rotatable bonds is 7. The van der Waals surface area contributed by atoms with E-state index in [1.165, 1.54) is 44.3 Å². The summed E-state index contributed by atoms with van der Waals surface area (Å²) in [6.07, 6.45) is 5.37. The van der Waals surface area contributed by atoms with Gasteiger partial charge in [0.15, 0.2) is 17.5 Å². The molecule has 3 rings (SSSR count). The van der Waals surface area contributed by atoms with Gasteiger partial charge in [-0.1, -0.05) is 37.1 Å². The third kappa shape index (κ3) is 6.39. The molecule has 0 spiro atoms. The maximum absolute atomic E-state index is 6.04. The van der Waals surface area contributed by atoms with Gasteiger partial charge in [-0.2, -0.15) is 0 Å². The average molecular weight is 397 g/mol. The number of nitrogens with one attached hydrogen (secondary N) is 1. The summed E-state index contributed by atoms with van der Waals surface area (Å²) in [5.41, 5.74) is 9.34. The molecule has 0 bridgehead atoms. The van der Waals surface area contributed by atoms with Gasteiger partial charge >= 0.3 is 0 Å². The highest BCUT2D eigenvalue weighted by Crippen LogP contribution is 2.29. The number of hydrogen-bond donors (Lipinski definition) is 2. The van der Waals surface area contributed by atoms with Crippen LogP contribution < -0.4 is 20.5 Å². The maximum Gasteiger partial charge on any atom is 0.193 e. The van der Waals surface area contributed by atoms with Gasteiger partial charge in [0.25, 0.3) is 0 Å². The number of anilines is 1. The quantitative estimate of drug-likeness (QED) is 0.547. The van der Waals surface area contributed by atoms with Gasteiger partial charge in [-0.25, -0.2) is 4.99 Å². The van der Waals surface area contributed by atoms with Crippen LogP contribution in [0.3, 0.4) is 0 Å². The maximum atomic E-state index is 6.04. The number of ether oxygens (including phenoxy) is 2. The molecule has 1 aliphatic heterocycles. The van der Waals surface area contributed by atoms with Gasteiger partial charge in [0.2, 0.25) is 0 Å². The Hall–Kier alpha value is -2.73. The monoisotopic (exact) mass is 396 g/mol.